The molecule has 0 aliphatic rings. The van der Waals surface area contributed by atoms with Gasteiger partial charge in [-0.15, -0.1) is 10.2 Å². The Hall–Kier alpha value is -2.84. The van der Waals surface area contributed by atoms with Gasteiger partial charge in [0, 0.05) is 19.2 Å². The second kappa shape index (κ2) is 11.5. The summed E-state index contributed by atoms with van der Waals surface area (Å²) < 4.78 is 12.4. The molecule has 1 N–H and O–H groups in total. The van der Waals surface area contributed by atoms with Crippen molar-refractivity contribution in [2.24, 2.45) is 0 Å². The summed E-state index contributed by atoms with van der Waals surface area (Å²) in [6, 6.07) is 16.0. The summed E-state index contributed by atoms with van der Waals surface area (Å²) in [6.45, 7) is 3.79. The van der Waals surface area contributed by atoms with Crippen LogP contribution in [0.15, 0.2) is 53.7 Å². The predicted octanol–water partition coefficient (Wildman–Crippen LogP) is 3.36. The Morgan fingerprint density at radius 1 is 1.13 bits per heavy atom. The zero-order chi connectivity index (χ0) is 22.1. The Kier molecular flexibility index (Phi) is 8.49. The van der Waals surface area contributed by atoms with Crippen LogP contribution in [0.1, 0.15) is 11.1 Å². The molecule has 0 aliphatic heterocycles. The molecule has 1 aromatic heterocycles. The van der Waals surface area contributed by atoms with Gasteiger partial charge in [0.15, 0.2) is 11.0 Å². The Labute approximate surface area is 187 Å². The van der Waals surface area contributed by atoms with E-state index in [1.165, 1.54) is 11.8 Å². The maximum atomic E-state index is 12.3. The lowest BCUT2D eigenvalue weighted by Gasteiger charge is -2.10. The number of nitrogens with zero attached hydrogens (tertiary/aromatic N) is 3. The van der Waals surface area contributed by atoms with Gasteiger partial charge in [-0.2, -0.15) is 0 Å². The fourth-order valence-electron chi connectivity index (χ4n) is 3.10. The number of benzene rings is 2. The molecule has 3 rings (SSSR count). The number of hydrogen-bond donors (Lipinski definition) is 1. The van der Waals surface area contributed by atoms with Crippen molar-refractivity contribution in [3.63, 3.8) is 0 Å². The van der Waals surface area contributed by atoms with Crippen LogP contribution in [0, 0.1) is 6.92 Å². The third kappa shape index (κ3) is 6.57. The van der Waals surface area contributed by atoms with E-state index in [2.05, 4.69) is 21.6 Å². The number of ether oxygens (including phenoxy) is 2. The monoisotopic (exact) mass is 440 g/mol. The lowest BCUT2D eigenvalue weighted by molar-refractivity contribution is -0.118. The highest BCUT2D eigenvalue weighted by atomic mass is 32.2. The molecular weight excluding hydrogens is 412 g/mol. The average molecular weight is 441 g/mol. The molecule has 0 spiro atoms. The number of aromatic nitrogens is 3. The average Bonchev–Trinajstić information content (AvgIpc) is 3.19. The molecule has 3 aromatic rings. The quantitative estimate of drug-likeness (QED) is 0.461. The summed E-state index contributed by atoms with van der Waals surface area (Å²) in [6.07, 6.45) is 0.766. The van der Waals surface area contributed by atoms with Crippen LogP contribution in [0.4, 0.5) is 0 Å². The molecule has 0 bridgehead atoms. The standard InChI is InChI=1S/C23H28N4O3S/c1-17-5-4-6-19(15-17)22-25-26-23(27(22)13-14-29-2)31-16-21(28)24-12-11-18-7-9-20(30-3)10-8-18/h4-10,15H,11-14,16H2,1-3H3,(H,24,28). The van der Waals surface area contributed by atoms with E-state index in [1.54, 1.807) is 14.2 Å². The lowest BCUT2D eigenvalue weighted by atomic mass is 10.1. The molecule has 0 atom stereocenters. The molecule has 0 saturated carbocycles. The van der Waals surface area contributed by atoms with E-state index >= 15 is 0 Å². The molecule has 1 amide bonds. The number of thioether (sulfide) groups is 1. The highest BCUT2D eigenvalue weighted by Gasteiger charge is 2.15. The molecule has 0 radical (unpaired) electrons. The zero-order valence-electron chi connectivity index (χ0n) is 18.1. The van der Waals surface area contributed by atoms with Crippen LogP contribution in [0.3, 0.4) is 0 Å². The van der Waals surface area contributed by atoms with E-state index in [0.29, 0.717) is 24.9 Å². The van der Waals surface area contributed by atoms with Gasteiger partial charge in [0.2, 0.25) is 5.91 Å². The van der Waals surface area contributed by atoms with Crippen LogP contribution in [0.25, 0.3) is 11.4 Å². The van der Waals surface area contributed by atoms with Crippen LogP contribution >= 0.6 is 11.8 Å². The first kappa shape index (κ1) is 22.8. The van der Waals surface area contributed by atoms with Gasteiger partial charge in [-0.3, -0.25) is 9.36 Å². The van der Waals surface area contributed by atoms with Crippen LogP contribution in [0.5, 0.6) is 5.75 Å². The number of aryl methyl sites for hydroxylation is 1. The van der Waals surface area contributed by atoms with E-state index in [-0.39, 0.29) is 11.7 Å². The Bertz CT molecular complexity index is 989. The molecule has 0 fully saturated rings. The number of nitrogens with one attached hydrogen (secondary N) is 1. The molecule has 7 nitrogen and oxygen atoms in total. The minimum absolute atomic E-state index is 0.0306. The molecule has 0 aliphatic carbocycles. The summed E-state index contributed by atoms with van der Waals surface area (Å²) >= 11 is 1.38. The summed E-state index contributed by atoms with van der Waals surface area (Å²) in [7, 11) is 3.31. The van der Waals surface area contributed by atoms with Crippen molar-refractivity contribution in [1.82, 2.24) is 20.1 Å². The topological polar surface area (TPSA) is 78.3 Å². The Balaban J connectivity index is 1.56. The van der Waals surface area contributed by atoms with Crippen molar-refractivity contribution in [2.75, 3.05) is 33.1 Å². The minimum atomic E-state index is -0.0306. The molecule has 1 heterocycles. The number of rotatable bonds is 11. The van der Waals surface area contributed by atoms with E-state index in [9.17, 15) is 4.79 Å². The van der Waals surface area contributed by atoms with Gasteiger partial charge in [-0.1, -0.05) is 47.7 Å². The third-order valence-electron chi connectivity index (χ3n) is 4.74. The van der Waals surface area contributed by atoms with E-state index in [1.807, 2.05) is 54.0 Å². The Morgan fingerprint density at radius 3 is 2.65 bits per heavy atom. The van der Waals surface area contributed by atoms with Crippen molar-refractivity contribution in [1.29, 1.82) is 0 Å². The fourth-order valence-corrected chi connectivity index (χ4v) is 3.89. The molecule has 2 aromatic carbocycles. The van der Waals surface area contributed by atoms with Gasteiger partial charge in [0.05, 0.1) is 26.0 Å². The maximum Gasteiger partial charge on any atom is 0.230 e. The van der Waals surface area contributed by atoms with Crippen LogP contribution in [-0.4, -0.2) is 53.8 Å². The lowest BCUT2D eigenvalue weighted by Crippen LogP contribution is -2.27. The van der Waals surface area contributed by atoms with Crippen molar-refractivity contribution in [2.45, 2.75) is 25.0 Å². The summed E-state index contributed by atoms with van der Waals surface area (Å²) in [5.74, 6) is 1.86. The van der Waals surface area contributed by atoms with Crippen molar-refractivity contribution in [3.05, 3.63) is 59.7 Å². The Morgan fingerprint density at radius 2 is 1.94 bits per heavy atom. The SMILES string of the molecule is COCCn1c(SCC(=O)NCCc2ccc(OC)cc2)nnc1-c1cccc(C)c1. The van der Waals surface area contributed by atoms with Crippen molar-refractivity contribution < 1.29 is 14.3 Å². The second-order valence-corrected chi connectivity index (χ2v) is 8.00. The van der Waals surface area contributed by atoms with Crippen molar-refractivity contribution >= 4 is 17.7 Å². The number of hydrogen-bond acceptors (Lipinski definition) is 6. The summed E-state index contributed by atoms with van der Waals surface area (Å²) in [5.41, 5.74) is 3.31. The zero-order valence-corrected chi connectivity index (χ0v) is 18.9. The van der Waals surface area contributed by atoms with Crippen molar-refractivity contribution in [3.8, 4) is 17.1 Å². The number of amides is 1. The van der Waals surface area contributed by atoms with Gasteiger partial charge in [0.25, 0.3) is 0 Å². The van der Waals surface area contributed by atoms with Crippen LogP contribution < -0.4 is 10.1 Å². The smallest absolute Gasteiger partial charge is 0.230 e. The molecule has 0 saturated heterocycles. The first-order chi connectivity index (χ1) is 15.1. The maximum absolute atomic E-state index is 12.3. The van der Waals surface area contributed by atoms with Gasteiger partial charge in [0.1, 0.15) is 5.75 Å². The van der Waals surface area contributed by atoms with Gasteiger partial charge in [-0.25, -0.2) is 0 Å². The number of carbonyl (C=O) groups excluding carboxylic acids is 1. The van der Waals surface area contributed by atoms with Crippen LogP contribution in [0.2, 0.25) is 0 Å². The normalized spacial score (nSPS) is 10.8. The molecular formula is C23H28N4O3S. The van der Waals surface area contributed by atoms with Gasteiger partial charge in [-0.05, 0) is 37.1 Å². The third-order valence-corrected chi connectivity index (χ3v) is 5.71. The summed E-state index contributed by atoms with van der Waals surface area (Å²) in [4.78, 5) is 12.3. The second-order valence-electron chi connectivity index (χ2n) is 7.06. The summed E-state index contributed by atoms with van der Waals surface area (Å²) in [5, 5.41) is 12.4. The molecule has 0 unspecified atom stereocenters. The number of methoxy groups -OCH3 is 2. The highest BCUT2D eigenvalue weighted by Crippen LogP contribution is 2.24. The fraction of sp³-hybridized carbons (Fsp3) is 0.348. The first-order valence-corrected chi connectivity index (χ1v) is 11.1. The van der Waals surface area contributed by atoms with E-state index < -0.39 is 0 Å². The van der Waals surface area contributed by atoms with Gasteiger partial charge < -0.3 is 14.8 Å². The largest absolute Gasteiger partial charge is 0.497 e. The molecule has 164 valence electrons. The predicted molar refractivity (Wildman–Crippen MR) is 123 cm³/mol. The minimum Gasteiger partial charge on any atom is -0.497 e. The molecule has 31 heavy (non-hydrogen) atoms. The molecule has 8 heteroatoms. The first-order valence-electron chi connectivity index (χ1n) is 10.1. The van der Waals surface area contributed by atoms with E-state index in [0.717, 1.165) is 34.7 Å². The number of carbonyl (C=O) groups is 1. The van der Waals surface area contributed by atoms with Gasteiger partial charge >= 0.3 is 0 Å². The van der Waals surface area contributed by atoms with E-state index in [4.69, 9.17) is 9.47 Å². The van der Waals surface area contributed by atoms with Crippen LogP contribution in [-0.2, 0) is 22.5 Å². The highest BCUT2D eigenvalue weighted by molar-refractivity contribution is 7.99.